The number of hydrogen-bond donors (Lipinski definition) is 2. The van der Waals surface area contributed by atoms with Crippen molar-refractivity contribution >= 4 is 29.5 Å². The van der Waals surface area contributed by atoms with Crippen molar-refractivity contribution < 1.29 is 38.6 Å². The number of carbonyl (C=O) groups is 5. The second-order valence-electron chi connectivity index (χ2n) is 5.20. The molecule has 2 N–H and O–H groups in total. The van der Waals surface area contributed by atoms with Crippen molar-refractivity contribution in [1.82, 2.24) is 9.97 Å². The molecule has 2 aromatic heterocycles. The Balaban J connectivity index is 2.39. The van der Waals surface area contributed by atoms with Crippen molar-refractivity contribution in [1.29, 1.82) is 0 Å². The molecule has 132 valence electrons. The second kappa shape index (κ2) is 5.92. The lowest BCUT2D eigenvalue weighted by atomic mass is 9.88. The van der Waals surface area contributed by atoms with Crippen molar-refractivity contribution in [2.45, 2.75) is 0 Å². The zero-order valence-electron chi connectivity index (χ0n) is 13.4. The summed E-state index contributed by atoms with van der Waals surface area (Å²) in [6, 6.07) is 2.05. The predicted molar refractivity (Wildman–Crippen MR) is 82.3 cm³/mol. The van der Waals surface area contributed by atoms with Crippen LogP contribution in [0.1, 0.15) is 52.2 Å². The molecule has 10 heteroatoms. The molecular weight excluding hydrogens is 348 g/mol. The van der Waals surface area contributed by atoms with Crippen LogP contribution in [0.5, 0.6) is 0 Å². The maximum atomic E-state index is 12.4. The van der Waals surface area contributed by atoms with E-state index in [4.69, 9.17) is 5.11 Å². The number of nitrogens with zero attached hydrogens (tertiary/aromatic N) is 1. The van der Waals surface area contributed by atoms with Gasteiger partial charge in [0.1, 0.15) is 17.1 Å². The highest BCUT2D eigenvalue weighted by molar-refractivity contribution is 6.52. The SMILES string of the molecule is COC(=O)c1cc2c([nH]1)-c1c(C(=O)OC)cc(C(=O)O)nc1C(=O)C2=O. The molecule has 0 atom stereocenters. The number of Topliss-reactive ketones (excluding diaryl/α,β-unsaturated/α-hetero) is 2. The van der Waals surface area contributed by atoms with Crippen molar-refractivity contribution in [2.24, 2.45) is 0 Å². The molecule has 2 heterocycles. The molecular formula is C16H10N2O8. The molecule has 2 aromatic rings. The lowest BCUT2D eigenvalue weighted by Gasteiger charge is -2.17. The van der Waals surface area contributed by atoms with E-state index in [1.54, 1.807) is 0 Å². The fourth-order valence-corrected chi connectivity index (χ4v) is 2.62. The van der Waals surface area contributed by atoms with Crippen LogP contribution in [0.4, 0.5) is 0 Å². The van der Waals surface area contributed by atoms with Gasteiger partial charge in [-0.15, -0.1) is 0 Å². The molecule has 0 aliphatic heterocycles. The number of hydrogen-bond acceptors (Lipinski definition) is 8. The standard InChI is InChI=1S/C16H10N2O8/c1-25-15(23)5-3-7(14(21)22)17-11-9(5)10-6(12(19)13(11)20)4-8(18-10)16(24)26-2/h3-4,18H,1-2H3,(H,21,22). The molecule has 0 saturated carbocycles. The lowest BCUT2D eigenvalue weighted by Crippen LogP contribution is -2.25. The number of pyridine rings is 1. The van der Waals surface area contributed by atoms with E-state index >= 15 is 0 Å². The van der Waals surface area contributed by atoms with Gasteiger partial charge in [-0.25, -0.2) is 19.4 Å². The second-order valence-corrected chi connectivity index (χ2v) is 5.20. The number of aromatic nitrogens is 2. The van der Waals surface area contributed by atoms with E-state index in [2.05, 4.69) is 19.4 Å². The highest BCUT2D eigenvalue weighted by Crippen LogP contribution is 2.36. The highest BCUT2D eigenvalue weighted by Gasteiger charge is 2.38. The minimum Gasteiger partial charge on any atom is -0.477 e. The maximum Gasteiger partial charge on any atom is 0.354 e. The number of ketones is 2. The minimum atomic E-state index is -1.49. The third-order valence-electron chi connectivity index (χ3n) is 3.78. The largest absolute Gasteiger partial charge is 0.477 e. The quantitative estimate of drug-likeness (QED) is 0.597. The normalized spacial score (nSPS) is 12.2. The summed E-state index contributed by atoms with van der Waals surface area (Å²) in [5.74, 6) is -5.32. The smallest absolute Gasteiger partial charge is 0.354 e. The Morgan fingerprint density at radius 2 is 1.69 bits per heavy atom. The van der Waals surface area contributed by atoms with Crippen LogP contribution in [0.25, 0.3) is 11.3 Å². The zero-order chi connectivity index (χ0) is 19.2. The van der Waals surface area contributed by atoms with Crippen LogP contribution in [0.2, 0.25) is 0 Å². The van der Waals surface area contributed by atoms with Crippen molar-refractivity contribution in [3.8, 4) is 11.3 Å². The van der Waals surface area contributed by atoms with E-state index in [0.29, 0.717) is 0 Å². The predicted octanol–water partition coefficient (Wildman–Crippen LogP) is 0.727. The Morgan fingerprint density at radius 1 is 1.04 bits per heavy atom. The van der Waals surface area contributed by atoms with E-state index in [1.807, 2.05) is 0 Å². The van der Waals surface area contributed by atoms with E-state index in [0.717, 1.165) is 26.4 Å². The van der Waals surface area contributed by atoms with E-state index < -0.39 is 40.9 Å². The number of aromatic amines is 1. The Bertz CT molecular complexity index is 1020. The van der Waals surface area contributed by atoms with Crippen LogP contribution < -0.4 is 0 Å². The summed E-state index contributed by atoms with van der Waals surface area (Å²) in [6.07, 6.45) is 0. The number of carbonyl (C=O) groups excluding carboxylic acids is 4. The summed E-state index contributed by atoms with van der Waals surface area (Å²) in [5.41, 5.74) is -1.81. The van der Waals surface area contributed by atoms with Gasteiger partial charge in [-0.1, -0.05) is 0 Å². The van der Waals surface area contributed by atoms with Crippen LogP contribution in [-0.2, 0) is 9.47 Å². The van der Waals surface area contributed by atoms with Crippen LogP contribution in [0, 0.1) is 0 Å². The average molecular weight is 358 g/mol. The molecule has 1 aliphatic carbocycles. The maximum absolute atomic E-state index is 12.4. The Morgan fingerprint density at radius 3 is 2.27 bits per heavy atom. The molecule has 0 saturated heterocycles. The lowest BCUT2D eigenvalue weighted by molar-refractivity contribution is 0.0588. The molecule has 0 amide bonds. The number of aromatic carboxylic acids is 1. The first-order chi connectivity index (χ1) is 12.3. The van der Waals surface area contributed by atoms with Crippen molar-refractivity contribution in [3.05, 3.63) is 40.3 Å². The summed E-state index contributed by atoms with van der Waals surface area (Å²) in [4.78, 5) is 66.0. The van der Waals surface area contributed by atoms with Gasteiger partial charge >= 0.3 is 17.9 Å². The summed E-state index contributed by atoms with van der Waals surface area (Å²) >= 11 is 0. The first-order valence-electron chi connectivity index (χ1n) is 7.07. The fourth-order valence-electron chi connectivity index (χ4n) is 2.62. The molecule has 1 aliphatic rings. The van der Waals surface area contributed by atoms with Crippen LogP contribution in [-0.4, -0.2) is 58.8 Å². The molecule has 0 radical (unpaired) electrons. The topological polar surface area (TPSA) is 153 Å². The summed E-state index contributed by atoms with van der Waals surface area (Å²) < 4.78 is 9.19. The number of H-pyrrole nitrogens is 1. The summed E-state index contributed by atoms with van der Waals surface area (Å²) in [6.45, 7) is 0. The fraction of sp³-hybridized carbons (Fsp3) is 0.125. The number of esters is 2. The monoisotopic (exact) mass is 358 g/mol. The number of carboxylic acids is 1. The van der Waals surface area contributed by atoms with E-state index in [1.165, 1.54) is 0 Å². The molecule has 10 nitrogen and oxygen atoms in total. The van der Waals surface area contributed by atoms with Gasteiger partial charge in [0.05, 0.1) is 31.0 Å². The van der Waals surface area contributed by atoms with Gasteiger partial charge in [-0.2, -0.15) is 0 Å². The first-order valence-corrected chi connectivity index (χ1v) is 7.07. The Kier molecular flexibility index (Phi) is 3.87. The number of methoxy groups -OCH3 is 2. The highest BCUT2D eigenvalue weighted by atomic mass is 16.5. The Hall–Kier alpha value is -3.82. The molecule has 0 bridgehead atoms. The molecule has 0 fully saturated rings. The number of ether oxygens (including phenoxy) is 2. The summed E-state index contributed by atoms with van der Waals surface area (Å²) in [5, 5.41) is 9.14. The van der Waals surface area contributed by atoms with E-state index in [9.17, 15) is 24.0 Å². The molecule has 3 rings (SSSR count). The number of rotatable bonds is 3. The average Bonchev–Trinajstić information content (AvgIpc) is 3.09. The molecule has 0 aromatic carbocycles. The summed E-state index contributed by atoms with van der Waals surface area (Å²) in [7, 11) is 2.20. The van der Waals surface area contributed by atoms with Gasteiger partial charge in [-0.3, -0.25) is 9.59 Å². The van der Waals surface area contributed by atoms with Crippen molar-refractivity contribution in [3.63, 3.8) is 0 Å². The number of nitrogens with one attached hydrogen (secondary N) is 1. The van der Waals surface area contributed by atoms with Gasteiger partial charge < -0.3 is 19.6 Å². The van der Waals surface area contributed by atoms with Gasteiger partial charge in [0.2, 0.25) is 5.78 Å². The number of carboxylic acid groups (broad SMARTS) is 1. The Labute approximate surface area is 144 Å². The van der Waals surface area contributed by atoms with Crippen LogP contribution in [0.3, 0.4) is 0 Å². The van der Waals surface area contributed by atoms with Crippen molar-refractivity contribution in [2.75, 3.05) is 14.2 Å². The number of fused-ring (bicyclic) bond motifs is 3. The first kappa shape index (κ1) is 17.0. The van der Waals surface area contributed by atoms with Crippen LogP contribution in [0.15, 0.2) is 12.1 Å². The van der Waals surface area contributed by atoms with Gasteiger partial charge in [0.25, 0.3) is 5.78 Å². The van der Waals surface area contributed by atoms with Crippen LogP contribution >= 0.6 is 0 Å². The minimum absolute atomic E-state index is 0.0187. The van der Waals surface area contributed by atoms with Gasteiger partial charge in [-0.05, 0) is 12.1 Å². The molecule has 26 heavy (non-hydrogen) atoms. The zero-order valence-corrected chi connectivity index (χ0v) is 13.4. The third kappa shape index (κ3) is 2.35. The molecule has 0 unspecified atom stereocenters. The molecule has 0 spiro atoms. The van der Waals surface area contributed by atoms with Gasteiger partial charge in [0, 0.05) is 5.56 Å². The van der Waals surface area contributed by atoms with Gasteiger partial charge in [0.15, 0.2) is 0 Å². The third-order valence-corrected chi connectivity index (χ3v) is 3.78. The van der Waals surface area contributed by atoms with E-state index in [-0.39, 0.29) is 28.1 Å².